The van der Waals surface area contributed by atoms with E-state index in [1.165, 1.54) is 10.4 Å². The number of thiophene rings is 1. The zero-order valence-electron chi connectivity index (χ0n) is 10.6. The number of hydrogen-bond donors (Lipinski definition) is 1. The van der Waals surface area contributed by atoms with Crippen molar-refractivity contribution in [3.05, 3.63) is 14.7 Å². The first-order valence-electron chi connectivity index (χ1n) is 5.79. The molecule has 10 heteroatoms. The Morgan fingerprint density at radius 2 is 2.20 bits per heavy atom. The Labute approximate surface area is 130 Å². The fraction of sp³-hybridized carbons (Fsp3) is 0.600. The molecule has 0 radical (unpaired) electrons. The maximum absolute atomic E-state index is 12.6. The van der Waals surface area contributed by atoms with Crippen LogP contribution in [0.25, 0.3) is 0 Å². The van der Waals surface area contributed by atoms with Gasteiger partial charge in [0.05, 0.1) is 21.9 Å². The first-order valence-corrected chi connectivity index (χ1v) is 10.7. The minimum atomic E-state index is -3.76. The van der Waals surface area contributed by atoms with E-state index in [0.717, 1.165) is 11.3 Å². The number of aliphatic hydroxyl groups is 1. The molecule has 0 aromatic carbocycles. The Morgan fingerprint density at radius 1 is 1.55 bits per heavy atom. The normalized spacial score (nSPS) is 23.9. The minimum Gasteiger partial charge on any atom is -0.391 e. The van der Waals surface area contributed by atoms with Gasteiger partial charge in [0, 0.05) is 17.5 Å². The maximum Gasteiger partial charge on any atom is 0.245 e. The number of halogens is 1. The van der Waals surface area contributed by atoms with Crippen LogP contribution in [-0.4, -0.2) is 50.3 Å². The van der Waals surface area contributed by atoms with Gasteiger partial charge in [0.25, 0.3) is 0 Å². The van der Waals surface area contributed by atoms with Gasteiger partial charge in [-0.3, -0.25) is 0 Å². The van der Waals surface area contributed by atoms with Gasteiger partial charge in [-0.2, -0.15) is 4.31 Å². The van der Waals surface area contributed by atoms with E-state index in [4.69, 9.17) is 5.11 Å². The quantitative estimate of drug-likeness (QED) is 0.805. The topological polar surface area (TPSA) is 91.8 Å². The van der Waals surface area contributed by atoms with E-state index in [9.17, 15) is 16.8 Å². The number of hydrogen-bond acceptors (Lipinski definition) is 6. The Morgan fingerprint density at radius 3 is 2.70 bits per heavy atom. The standard InChI is InChI=1S/C10H14BrNO5S3/c1-7-6-19(14,15)3-2-12(7)20(16,17)9-4-8(5-13)18-10(9)11/h4,7,13H,2-3,5-6H2,1H3. The molecule has 1 fully saturated rings. The maximum atomic E-state index is 12.6. The summed E-state index contributed by atoms with van der Waals surface area (Å²) in [5.74, 6) is -0.327. The number of rotatable bonds is 3. The van der Waals surface area contributed by atoms with Gasteiger partial charge in [-0.1, -0.05) is 0 Å². The Bertz CT molecular complexity index is 709. The molecule has 1 saturated heterocycles. The van der Waals surface area contributed by atoms with Crippen LogP contribution in [0.3, 0.4) is 0 Å². The summed E-state index contributed by atoms with van der Waals surface area (Å²) in [6.45, 7) is 1.31. The highest BCUT2D eigenvalue weighted by Gasteiger charge is 2.37. The van der Waals surface area contributed by atoms with Gasteiger partial charge >= 0.3 is 0 Å². The second kappa shape index (κ2) is 5.65. The predicted molar refractivity (Wildman–Crippen MR) is 79.9 cm³/mol. The van der Waals surface area contributed by atoms with Crippen LogP contribution in [0.1, 0.15) is 11.8 Å². The predicted octanol–water partition coefficient (Wildman–Crippen LogP) is 0.810. The molecular formula is C10H14BrNO5S3. The molecular weight excluding hydrogens is 390 g/mol. The van der Waals surface area contributed by atoms with E-state index in [1.54, 1.807) is 6.92 Å². The summed E-state index contributed by atoms with van der Waals surface area (Å²) in [6, 6.07) is 0.822. The molecule has 0 spiro atoms. The lowest BCUT2D eigenvalue weighted by Crippen LogP contribution is -2.49. The number of sulfone groups is 1. The van der Waals surface area contributed by atoms with Gasteiger partial charge in [0.2, 0.25) is 10.0 Å². The van der Waals surface area contributed by atoms with E-state index < -0.39 is 25.9 Å². The third-order valence-electron chi connectivity index (χ3n) is 3.06. The summed E-state index contributed by atoms with van der Waals surface area (Å²) in [6.07, 6.45) is 0. The van der Waals surface area contributed by atoms with E-state index >= 15 is 0 Å². The second-order valence-electron chi connectivity index (χ2n) is 4.59. The van der Waals surface area contributed by atoms with Crippen LogP contribution in [0.2, 0.25) is 0 Å². The summed E-state index contributed by atoms with van der Waals surface area (Å²) in [5.41, 5.74) is 0. The summed E-state index contributed by atoms with van der Waals surface area (Å²) in [7, 11) is -6.93. The van der Waals surface area contributed by atoms with Gasteiger partial charge in [-0.05, 0) is 28.9 Å². The molecule has 114 valence electrons. The molecule has 6 nitrogen and oxygen atoms in total. The summed E-state index contributed by atoms with van der Waals surface area (Å²) >= 11 is 4.33. The third-order valence-corrected chi connectivity index (χ3v) is 9.10. The first kappa shape index (κ1) is 16.4. The van der Waals surface area contributed by atoms with Crippen molar-refractivity contribution < 1.29 is 21.9 Å². The van der Waals surface area contributed by atoms with Crippen LogP contribution in [-0.2, 0) is 26.5 Å². The molecule has 1 aliphatic rings. The molecule has 0 amide bonds. The summed E-state index contributed by atoms with van der Waals surface area (Å²) in [5, 5.41) is 9.07. The van der Waals surface area contributed by atoms with Crippen LogP contribution in [0.4, 0.5) is 0 Å². The molecule has 1 aromatic heterocycles. The Hall–Kier alpha value is -0.000000000000000222. The molecule has 1 unspecified atom stereocenters. The van der Waals surface area contributed by atoms with Gasteiger partial charge in [0.1, 0.15) is 4.90 Å². The van der Waals surface area contributed by atoms with Crippen molar-refractivity contribution in [3.8, 4) is 0 Å². The molecule has 1 aromatic rings. The highest BCUT2D eigenvalue weighted by molar-refractivity contribution is 9.11. The molecule has 2 heterocycles. The van der Waals surface area contributed by atoms with Crippen molar-refractivity contribution in [2.45, 2.75) is 24.5 Å². The van der Waals surface area contributed by atoms with Crippen molar-refractivity contribution in [1.82, 2.24) is 4.31 Å². The van der Waals surface area contributed by atoms with Gasteiger partial charge in [-0.15, -0.1) is 11.3 Å². The van der Waals surface area contributed by atoms with Crippen molar-refractivity contribution in [1.29, 1.82) is 0 Å². The highest BCUT2D eigenvalue weighted by atomic mass is 79.9. The first-order chi connectivity index (χ1) is 9.17. The van der Waals surface area contributed by atoms with E-state index in [1.807, 2.05) is 0 Å². The number of nitrogens with zero attached hydrogens (tertiary/aromatic N) is 1. The van der Waals surface area contributed by atoms with Crippen LogP contribution in [0.5, 0.6) is 0 Å². The number of aliphatic hydroxyl groups excluding tert-OH is 1. The molecule has 1 atom stereocenters. The third kappa shape index (κ3) is 3.09. The SMILES string of the molecule is CC1CS(=O)(=O)CCN1S(=O)(=O)c1cc(CO)sc1Br. The smallest absolute Gasteiger partial charge is 0.245 e. The highest BCUT2D eigenvalue weighted by Crippen LogP contribution is 2.34. The van der Waals surface area contributed by atoms with Gasteiger partial charge < -0.3 is 5.11 Å². The lowest BCUT2D eigenvalue weighted by molar-refractivity contribution is 0.285. The molecule has 0 bridgehead atoms. The van der Waals surface area contributed by atoms with Gasteiger partial charge in [0.15, 0.2) is 9.84 Å². The average Bonchev–Trinajstić information content (AvgIpc) is 2.69. The van der Waals surface area contributed by atoms with Crippen LogP contribution in [0.15, 0.2) is 14.7 Å². The fourth-order valence-corrected chi connectivity index (χ4v) is 8.01. The number of sulfonamides is 1. The second-order valence-corrected chi connectivity index (χ2v) is 11.1. The monoisotopic (exact) mass is 403 g/mol. The summed E-state index contributed by atoms with van der Waals surface area (Å²) in [4.78, 5) is 0.616. The van der Waals surface area contributed by atoms with Crippen molar-refractivity contribution in [2.75, 3.05) is 18.1 Å². The minimum absolute atomic E-state index is 0.0391. The molecule has 1 N–H and O–H groups in total. The molecule has 0 aliphatic carbocycles. The van der Waals surface area contributed by atoms with E-state index in [2.05, 4.69) is 15.9 Å². The van der Waals surface area contributed by atoms with Crippen LogP contribution in [0, 0.1) is 0 Å². The largest absolute Gasteiger partial charge is 0.391 e. The molecule has 1 aliphatic heterocycles. The zero-order valence-corrected chi connectivity index (χ0v) is 14.6. The summed E-state index contributed by atoms with van der Waals surface area (Å²) < 4.78 is 49.9. The lowest BCUT2D eigenvalue weighted by atomic mass is 10.4. The van der Waals surface area contributed by atoms with Crippen LogP contribution >= 0.6 is 27.3 Å². The molecule has 20 heavy (non-hydrogen) atoms. The average molecular weight is 404 g/mol. The van der Waals surface area contributed by atoms with E-state index in [-0.39, 0.29) is 29.6 Å². The van der Waals surface area contributed by atoms with E-state index in [0.29, 0.717) is 8.66 Å². The van der Waals surface area contributed by atoms with Crippen molar-refractivity contribution in [3.63, 3.8) is 0 Å². The fourth-order valence-electron chi connectivity index (χ4n) is 2.12. The zero-order chi connectivity index (χ0) is 15.1. The van der Waals surface area contributed by atoms with Gasteiger partial charge in [-0.25, -0.2) is 16.8 Å². The molecule has 0 saturated carbocycles. The van der Waals surface area contributed by atoms with Crippen molar-refractivity contribution in [2.24, 2.45) is 0 Å². The molecule has 2 rings (SSSR count). The lowest BCUT2D eigenvalue weighted by Gasteiger charge is -2.31. The van der Waals surface area contributed by atoms with Crippen molar-refractivity contribution >= 4 is 47.1 Å². The Kier molecular flexibility index (Phi) is 4.63. The van der Waals surface area contributed by atoms with Crippen LogP contribution < -0.4 is 0 Å². The Balaban J connectivity index is 2.38.